The van der Waals surface area contributed by atoms with Crippen LogP contribution in [0.15, 0.2) is 36.4 Å². The summed E-state index contributed by atoms with van der Waals surface area (Å²) >= 11 is 17.7. The van der Waals surface area contributed by atoms with Crippen molar-refractivity contribution in [3.8, 4) is 5.75 Å². The minimum Gasteiger partial charge on any atom is -0.423 e. The average molecular weight is 316 g/mol. The first-order valence-corrected chi connectivity index (χ1v) is 6.54. The Hall–Kier alpha value is -1.22. The van der Waals surface area contributed by atoms with Crippen molar-refractivity contribution in [1.29, 1.82) is 0 Å². The van der Waals surface area contributed by atoms with E-state index in [1.54, 1.807) is 24.3 Å². The highest BCUT2D eigenvalue weighted by Gasteiger charge is 2.13. The Bertz CT molecular complexity index is 639. The molecule has 0 amide bonds. The summed E-state index contributed by atoms with van der Waals surface area (Å²) in [7, 11) is 0. The number of carbonyl (C=O) groups excluding carboxylic acids is 1. The third-order valence-corrected chi connectivity index (χ3v) is 3.46. The molecule has 0 bridgehead atoms. The summed E-state index contributed by atoms with van der Waals surface area (Å²) in [5.41, 5.74) is 1.16. The Morgan fingerprint density at radius 3 is 2.37 bits per heavy atom. The molecule has 0 fully saturated rings. The van der Waals surface area contributed by atoms with Gasteiger partial charge in [0.1, 0.15) is 5.75 Å². The molecule has 2 aromatic carbocycles. The van der Waals surface area contributed by atoms with E-state index in [9.17, 15) is 4.79 Å². The van der Waals surface area contributed by atoms with E-state index in [4.69, 9.17) is 39.5 Å². The Morgan fingerprint density at radius 1 is 1.00 bits per heavy atom. The molecule has 19 heavy (non-hydrogen) atoms. The fraction of sp³-hybridized carbons (Fsp3) is 0.0714. The molecule has 0 atom stereocenters. The maximum absolute atomic E-state index is 11.9. The molecule has 0 heterocycles. The van der Waals surface area contributed by atoms with Gasteiger partial charge in [-0.3, -0.25) is 0 Å². The standard InChI is InChI=1S/C14H9Cl3O2/c1-8-2-4-10(7-12(8)16)19-14(18)11-5-3-9(15)6-13(11)17/h2-7H,1H3. The Balaban J connectivity index is 2.23. The predicted octanol–water partition coefficient (Wildman–Crippen LogP) is 5.17. The molecule has 0 aliphatic rings. The molecule has 2 nitrogen and oxygen atoms in total. The van der Waals surface area contributed by atoms with Crippen LogP contribution < -0.4 is 4.74 Å². The van der Waals surface area contributed by atoms with Crippen LogP contribution in [0.2, 0.25) is 15.1 Å². The second kappa shape index (κ2) is 5.83. The van der Waals surface area contributed by atoms with Gasteiger partial charge in [0.05, 0.1) is 10.6 Å². The van der Waals surface area contributed by atoms with E-state index >= 15 is 0 Å². The van der Waals surface area contributed by atoms with Gasteiger partial charge < -0.3 is 4.74 Å². The van der Waals surface area contributed by atoms with Crippen LogP contribution in [0.4, 0.5) is 0 Å². The quantitative estimate of drug-likeness (QED) is 0.564. The van der Waals surface area contributed by atoms with Gasteiger partial charge in [-0.25, -0.2) is 4.79 Å². The highest BCUT2D eigenvalue weighted by Crippen LogP contribution is 2.25. The van der Waals surface area contributed by atoms with Crippen molar-refractivity contribution in [2.45, 2.75) is 6.92 Å². The Kier molecular flexibility index (Phi) is 4.35. The van der Waals surface area contributed by atoms with Crippen LogP contribution in [-0.2, 0) is 0 Å². The van der Waals surface area contributed by atoms with Gasteiger partial charge in [0, 0.05) is 10.0 Å². The predicted molar refractivity (Wildman–Crippen MR) is 77.6 cm³/mol. The number of carbonyl (C=O) groups is 1. The molecule has 0 N–H and O–H groups in total. The van der Waals surface area contributed by atoms with Crippen LogP contribution in [0.1, 0.15) is 15.9 Å². The fourth-order valence-electron chi connectivity index (χ4n) is 1.45. The van der Waals surface area contributed by atoms with Gasteiger partial charge in [-0.2, -0.15) is 0 Å². The molecule has 0 saturated carbocycles. The first-order chi connectivity index (χ1) is 8.97. The maximum Gasteiger partial charge on any atom is 0.345 e. The lowest BCUT2D eigenvalue weighted by Gasteiger charge is -2.07. The first kappa shape index (κ1) is 14.2. The SMILES string of the molecule is Cc1ccc(OC(=O)c2ccc(Cl)cc2Cl)cc1Cl. The van der Waals surface area contributed by atoms with Crippen molar-refractivity contribution in [3.63, 3.8) is 0 Å². The molecule has 0 radical (unpaired) electrons. The highest BCUT2D eigenvalue weighted by molar-refractivity contribution is 6.36. The van der Waals surface area contributed by atoms with Crippen LogP contribution in [0, 0.1) is 6.92 Å². The van der Waals surface area contributed by atoms with Gasteiger partial charge in [-0.15, -0.1) is 0 Å². The molecule has 0 unspecified atom stereocenters. The van der Waals surface area contributed by atoms with E-state index in [-0.39, 0.29) is 10.6 Å². The number of ether oxygens (including phenoxy) is 1. The van der Waals surface area contributed by atoms with Crippen LogP contribution in [-0.4, -0.2) is 5.97 Å². The van der Waals surface area contributed by atoms with Crippen molar-refractivity contribution in [3.05, 3.63) is 62.6 Å². The second-order valence-corrected chi connectivity index (χ2v) is 5.18. The van der Waals surface area contributed by atoms with Crippen LogP contribution in [0.25, 0.3) is 0 Å². The summed E-state index contributed by atoms with van der Waals surface area (Å²) in [6.07, 6.45) is 0. The lowest BCUT2D eigenvalue weighted by Crippen LogP contribution is -2.09. The minimum absolute atomic E-state index is 0.246. The van der Waals surface area contributed by atoms with E-state index in [1.807, 2.05) is 6.92 Å². The number of esters is 1. The maximum atomic E-state index is 11.9. The highest BCUT2D eigenvalue weighted by atomic mass is 35.5. The normalized spacial score (nSPS) is 10.3. The van der Waals surface area contributed by atoms with E-state index in [0.717, 1.165) is 5.56 Å². The molecule has 2 aromatic rings. The van der Waals surface area contributed by atoms with Gasteiger partial charge >= 0.3 is 5.97 Å². The summed E-state index contributed by atoms with van der Waals surface area (Å²) in [5, 5.41) is 1.24. The molecule has 0 spiro atoms. The summed E-state index contributed by atoms with van der Waals surface area (Å²) in [6, 6.07) is 9.60. The smallest absolute Gasteiger partial charge is 0.345 e. The van der Waals surface area contributed by atoms with Crippen LogP contribution in [0.5, 0.6) is 5.75 Å². The average Bonchev–Trinajstić information content (AvgIpc) is 2.33. The topological polar surface area (TPSA) is 26.3 Å². The van der Waals surface area contributed by atoms with Crippen LogP contribution in [0.3, 0.4) is 0 Å². The van der Waals surface area contributed by atoms with Gasteiger partial charge in [0.25, 0.3) is 0 Å². The van der Waals surface area contributed by atoms with Crippen molar-refractivity contribution < 1.29 is 9.53 Å². The molecule has 0 aromatic heterocycles. The number of rotatable bonds is 2. The van der Waals surface area contributed by atoms with Gasteiger partial charge in [0.2, 0.25) is 0 Å². The molecule has 0 aliphatic carbocycles. The summed E-state index contributed by atoms with van der Waals surface area (Å²) in [5.74, 6) is -0.187. The molecule has 0 saturated heterocycles. The summed E-state index contributed by atoms with van der Waals surface area (Å²) < 4.78 is 5.21. The lowest BCUT2D eigenvalue weighted by molar-refractivity contribution is 0.0735. The van der Waals surface area contributed by atoms with Crippen LogP contribution >= 0.6 is 34.8 Å². The summed E-state index contributed by atoms with van der Waals surface area (Å²) in [6.45, 7) is 1.87. The van der Waals surface area contributed by atoms with Gasteiger partial charge in [-0.05, 0) is 42.8 Å². The van der Waals surface area contributed by atoms with Crippen molar-refractivity contribution in [2.24, 2.45) is 0 Å². The summed E-state index contributed by atoms with van der Waals surface area (Å²) in [4.78, 5) is 11.9. The zero-order chi connectivity index (χ0) is 14.0. The molecule has 98 valence electrons. The zero-order valence-corrected chi connectivity index (χ0v) is 12.2. The third-order valence-electron chi connectivity index (χ3n) is 2.50. The Labute approximate surface area is 125 Å². The van der Waals surface area contributed by atoms with Crippen molar-refractivity contribution >= 4 is 40.8 Å². The number of hydrogen-bond donors (Lipinski definition) is 0. The monoisotopic (exact) mass is 314 g/mol. The van der Waals surface area contributed by atoms with Crippen molar-refractivity contribution in [2.75, 3.05) is 0 Å². The van der Waals surface area contributed by atoms with Gasteiger partial charge in [-0.1, -0.05) is 40.9 Å². The lowest BCUT2D eigenvalue weighted by atomic mass is 10.2. The second-order valence-electron chi connectivity index (χ2n) is 3.92. The number of benzene rings is 2. The van der Waals surface area contributed by atoms with E-state index in [1.165, 1.54) is 12.1 Å². The molecule has 2 rings (SSSR count). The molecule has 0 aliphatic heterocycles. The zero-order valence-electron chi connectivity index (χ0n) is 9.91. The first-order valence-electron chi connectivity index (χ1n) is 5.41. The largest absolute Gasteiger partial charge is 0.423 e. The molecule has 5 heteroatoms. The third kappa shape index (κ3) is 3.41. The number of halogens is 3. The van der Waals surface area contributed by atoms with E-state index in [0.29, 0.717) is 15.8 Å². The van der Waals surface area contributed by atoms with Crippen molar-refractivity contribution in [1.82, 2.24) is 0 Å². The van der Waals surface area contributed by atoms with E-state index in [2.05, 4.69) is 0 Å². The minimum atomic E-state index is -0.554. The molecular weight excluding hydrogens is 307 g/mol. The Morgan fingerprint density at radius 2 is 1.74 bits per heavy atom. The van der Waals surface area contributed by atoms with E-state index < -0.39 is 5.97 Å². The fourth-order valence-corrected chi connectivity index (χ4v) is 2.11. The molecular formula is C14H9Cl3O2. The number of aryl methyl sites for hydroxylation is 1. The number of hydrogen-bond acceptors (Lipinski definition) is 2. The van der Waals surface area contributed by atoms with Gasteiger partial charge in [0.15, 0.2) is 0 Å².